The highest BCUT2D eigenvalue weighted by molar-refractivity contribution is 7.17. The van der Waals surface area contributed by atoms with Crippen LogP contribution in [0.4, 0.5) is 5.69 Å². The molecule has 0 fully saturated rings. The second-order valence-electron chi connectivity index (χ2n) is 3.39. The lowest BCUT2D eigenvalue weighted by Crippen LogP contribution is -1.88. The average Bonchev–Trinajstić information content (AvgIpc) is 2.68. The van der Waals surface area contributed by atoms with Gasteiger partial charge in [0.05, 0.1) is 15.4 Å². The Balaban J connectivity index is 2.73. The zero-order valence-electron chi connectivity index (χ0n) is 7.99. The van der Waals surface area contributed by atoms with Crippen LogP contribution < -0.4 is 10.7 Å². The summed E-state index contributed by atoms with van der Waals surface area (Å²) in [6, 6.07) is 7.45. The van der Waals surface area contributed by atoms with Gasteiger partial charge in [-0.15, -0.1) is 0 Å². The molecule has 2 aromatic carbocycles. The Labute approximate surface area is 99.0 Å². The molecule has 0 spiro atoms. The molecular weight excluding hydrogens is 246 g/mol. The van der Waals surface area contributed by atoms with Gasteiger partial charge in [-0.3, -0.25) is 0 Å². The molecule has 0 aliphatic rings. The molecule has 0 aliphatic carbocycles. The molecule has 0 aliphatic heterocycles. The van der Waals surface area contributed by atoms with Crippen LogP contribution >= 0.6 is 22.9 Å². The SMILES string of the molecule is Nc1c(Cl)c2sc(=O)oc2c2ccccc12. The minimum atomic E-state index is -0.368. The third-order valence-electron chi connectivity index (χ3n) is 2.47. The number of nitrogen functional groups attached to an aromatic ring is 1. The first-order valence-corrected chi connectivity index (χ1v) is 5.77. The van der Waals surface area contributed by atoms with E-state index in [0.29, 0.717) is 21.0 Å². The second-order valence-corrected chi connectivity index (χ2v) is 4.71. The summed E-state index contributed by atoms with van der Waals surface area (Å²) in [5, 5.41) is 2.02. The van der Waals surface area contributed by atoms with Gasteiger partial charge in [-0.25, -0.2) is 4.79 Å². The standard InChI is InChI=1S/C11H6ClNO2S/c12-7-8(13)5-3-1-2-4-6(5)9-10(7)16-11(14)15-9/h1-4H,13H2. The molecule has 5 heteroatoms. The van der Waals surface area contributed by atoms with Gasteiger partial charge in [0.1, 0.15) is 0 Å². The van der Waals surface area contributed by atoms with E-state index in [0.717, 1.165) is 22.1 Å². The van der Waals surface area contributed by atoms with Gasteiger partial charge >= 0.3 is 4.94 Å². The Kier molecular flexibility index (Phi) is 1.96. The number of hydrogen-bond acceptors (Lipinski definition) is 4. The van der Waals surface area contributed by atoms with Crippen molar-refractivity contribution < 1.29 is 4.42 Å². The molecule has 0 unspecified atom stereocenters. The van der Waals surface area contributed by atoms with E-state index in [2.05, 4.69) is 0 Å². The van der Waals surface area contributed by atoms with Crippen molar-refractivity contribution >= 4 is 49.7 Å². The predicted molar refractivity (Wildman–Crippen MR) is 67.3 cm³/mol. The number of fused-ring (bicyclic) bond motifs is 3. The van der Waals surface area contributed by atoms with E-state index in [-0.39, 0.29) is 4.94 Å². The number of rotatable bonds is 0. The van der Waals surface area contributed by atoms with E-state index in [4.69, 9.17) is 21.8 Å². The van der Waals surface area contributed by atoms with Crippen LogP contribution in [0.3, 0.4) is 0 Å². The van der Waals surface area contributed by atoms with Crippen LogP contribution in [-0.2, 0) is 0 Å². The highest BCUT2D eigenvalue weighted by atomic mass is 35.5. The lowest BCUT2D eigenvalue weighted by molar-refractivity contribution is 0.589. The van der Waals surface area contributed by atoms with Gasteiger partial charge in [-0.2, -0.15) is 0 Å². The first-order chi connectivity index (χ1) is 7.68. The first-order valence-electron chi connectivity index (χ1n) is 4.58. The summed E-state index contributed by atoms with van der Waals surface area (Å²) in [5.41, 5.74) is 6.93. The lowest BCUT2D eigenvalue weighted by atomic mass is 10.1. The third kappa shape index (κ3) is 1.17. The molecule has 0 amide bonds. The Bertz CT molecular complexity index is 760. The normalized spacial score (nSPS) is 11.3. The summed E-state index contributed by atoms with van der Waals surface area (Å²) in [4.78, 5) is 10.9. The Morgan fingerprint density at radius 3 is 2.69 bits per heavy atom. The molecule has 16 heavy (non-hydrogen) atoms. The average molecular weight is 252 g/mol. The predicted octanol–water partition coefficient (Wildman–Crippen LogP) is 3.24. The van der Waals surface area contributed by atoms with Crippen LogP contribution in [0.15, 0.2) is 33.5 Å². The second kappa shape index (κ2) is 3.23. The molecule has 2 N–H and O–H groups in total. The van der Waals surface area contributed by atoms with Crippen molar-refractivity contribution in [3.8, 4) is 0 Å². The van der Waals surface area contributed by atoms with Crippen LogP contribution in [0.5, 0.6) is 0 Å². The smallest absolute Gasteiger partial charge is 0.396 e. The monoisotopic (exact) mass is 251 g/mol. The molecule has 1 heterocycles. The molecule has 0 radical (unpaired) electrons. The molecule has 3 aromatic rings. The van der Waals surface area contributed by atoms with Crippen molar-refractivity contribution in [1.29, 1.82) is 0 Å². The van der Waals surface area contributed by atoms with E-state index < -0.39 is 0 Å². The quantitative estimate of drug-likeness (QED) is 0.624. The van der Waals surface area contributed by atoms with Gasteiger partial charge in [-0.05, 0) is 0 Å². The highest BCUT2D eigenvalue weighted by Gasteiger charge is 2.14. The molecular formula is C11H6ClNO2S. The Hall–Kier alpha value is -1.52. The molecule has 1 aromatic heterocycles. The van der Waals surface area contributed by atoms with Gasteiger partial charge in [0.2, 0.25) is 0 Å². The maximum absolute atomic E-state index is 11.2. The highest BCUT2D eigenvalue weighted by Crippen LogP contribution is 2.38. The van der Waals surface area contributed by atoms with E-state index in [1.165, 1.54) is 0 Å². The number of halogens is 1. The minimum Gasteiger partial charge on any atom is -0.413 e. The van der Waals surface area contributed by atoms with Crippen LogP contribution in [-0.4, -0.2) is 0 Å². The topological polar surface area (TPSA) is 56.2 Å². The summed E-state index contributed by atoms with van der Waals surface area (Å²) in [5.74, 6) is 0. The van der Waals surface area contributed by atoms with Crippen molar-refractivity contribution in [2.45, 2.75) is 0 Å². The number of hydrogen-bond donors (Lipinski definition) is 1. The van der Waals surface area contributed by atoms with Gasteiger partial charge in [-0.1, -0.05) is 47.2 Å². The Morgan fingerprint density at radius 1 is 1.25 bits per heavy atom. The maximum atomic E-state index is 11.2. The van der Waals surface area contributed by atoms with Crippen LogP contribution in [0.1, 0.15) is 0 Å². The van der Waals surface area contributed by atoms with Crippen molar-refractivity contribution in [3.63, 3.8) is 0 Å². The fourth-order valence-electron chi connectivity index (χ4n) is 1.76. The molecule has 0 atom stereocenters. The fourth-order valence-corrected chi connectivity index (χ4v) is 2.80. The first kappa shape index (κ1) is 9.69. The van der Waals surface area contributed by atoms with E-state index >= 15 is 0 Å². The summed E-state index contributed by atoms with van der Waals surface area (Å²) >= 11 is 7.08. The molecule has 80 valence electrons. The largest absolute Gasteiger partial charge is 0.413 e. The van der Waals surface area contributed by atoms with E-state index in [1.54, 1.807) is 0 Å². The third-order valence-corrected chi connectivity index (χ3v) is 3.82. The van der Waals surface area contributed by atoms with Crippen molar-refractivity contribution in [2.75, 3.05) is 5.73 Å². The van der Waals surface area contributed by atoms with Crippen molar-refractivity contribution in [2.24, 2.45) is 0 Å². The summed E-state index contributed by atoms with van der Waals surface area (Å²) < 4.78 is 5.75. The zero-order chi connectivity index (χ0) is 11.3. The minimum absolute atomic E-state index is 0.368. The molecule has 3 nitrogen and oxygen atoms in total. The molecule has 0 saturated heterocycles. The lowest BCUT2D eigenvalue weighted by Gasteiger charge is -2.04. The van der Waals surface area contributed by atoms with Gasteiger partial charge in [0.25, 0.3) is 0 Å². The van der Waals surface area contributed by atoms with Crippen LogP contribution in [0.25, 0.3) is 21.1 Å². The maximum Gasteiger partial charge on any atom is 0.396 e. The van der Waals surface area contributed by atoms with Crippen LogP contribution in [0, 0.1) is 0 Å². The van der Waals surface area contributed by atoms with Gasteiger partial charge in [0, 0.05) is 10.8 Å². The molecule has 0 bridgehead atoms. The van der Waals surface area contributed by atoms with Crippen LogP contribution in [0.2, 0.25) is 5.02 Å². The number of nitrogens with two attached hydrogens (primary N) is 1. The van der Waals surface area contributed by atoms with Gasteiger partial charge in [0.15, 0.2) is 5.58 Å². The number of benzene rings is 2. The molecule has 3 rings (SSSR count). The van der Waals surface area contributed by atoms with Crippen molar-refractivity contribution in [3.05, 3.63) is 39.0 Å². The summed E-state index contributed by atoms with van der Waals surface area (Å²) in [7, 11) is 0. The van der Waals surface area contributed by atoms with E-state index in [9.17, 15) is 4.79 Å². The van der Waals surface area contributed by atoms with E-state index in [1.807, 2.05) is 24.3 Å². The molecule has 0 saturated carbocycles. The number of anilines is 1. The Morgan fingerprint density at radius 2 is 1.94 bits per heavy atom. The fraction of sp³-hybridized carbons (Fsp3) is 0. The van der Waals surface area contributed by atoms with Crippen molar-refractivity contribution in [1.82, 2.24) is 0 Å². The summed E-state index contributed by atoms with van der Waals surface area (Å²) in [6.07, 6.45) is 0. The zero-order valence-corrected chi connectivity index (χ0v) is 9.56. The summed E-state index contributed by atoms with van der Waals surface area (Å²) in [6.45, 7) is 0. The van der Waals surface area contributed by atoms with Gasteiger partial charge < -0.3 is 10.2 Å².